The maximum Gasteiger partial charge on any atom is 0.254 e. The third kappa shape index (κ3) is 3.80. The quantitative estimate of drug-likeness (QED) is 0.592. The lowest BCUT2D eigenvalue weighted by Gasteiger charge is -2.34. The zero-order valence-electron chi connectivity index (χ0n) is 16.1. The first kappa shape index (κ1) is 19.7. The first-order valence-corrected chi connectivity index (χ1v) is 10.1. The predicted molar refractivity (Wildman–Crippen MR) is 114 cm³/mol. The van der Waals surface area contributed by atoms with Crippen molar-refractivity contribution in [2.75, 3.05) is 31.1 Å². The van der Waals surface area contributed by atoms with E-state index in [1.807, 2.05) is 37.0 Å². The van der Waals surface area contributed by atoms with Crippen LogP contribution in [0.15, 0.2) is 42.1 Å². The van der Waals surface area contributed by atoms with Gasteiger partial charge in [0.25, 0.3) is 5.78 Å². The molecule has 1 amide bonds. The fraction of sp³-hybridized carbons (Fsp3) is 0.300. The van der Waals surface area contributed by atoms with Crippen molar-refractivity contribution in [1.29, 1.82) is 0 Å². The third-order valence-corrected chi connectivity index (χ3v) is 5.80. The zero-order chi connectivity index (χ0) is 20.5. The molecule has 0 spiro atoms. The second kappa shape index (κ2) is 8.00. The molecule has 3 heterocycles. The van der Waals surface area contributed by atoms with Gasteiger partial charge in [-0.15, -0.1) is 5.10 Å². The molecule has 1 aromatic carbocycles. The lowest BCUT2D eigenvalue weighted by atomic mass is 10.1. The molecule has 0 radical (unpaired) electrons. The summed E-state index contributed by atoms with van der Waals surface area (Å²) in [5.41, 5.74) is 2.46. The molecular formula is C20H20Cl2N6O. The van der Waals surface area contributed by atoms with Crippen LogP contribution in [-0.4, -0.2) is 56.6 Å². The fourth-order valence-corrected chi connectivity index (χ4v) is 3.57. The largest absolute Gasteiger partial charge is 0.336 e. The normalized spacial score (nSPS) is 15.2. The Morgan fingerprint density at radius 3 is 2.55 bits per heavy atom. The SMILES string of the molecule is C/C=C(\C)C(=O)N1CCN(c2nc3nccc(-c4ccc(Cl)c(Cl)c4)n3n2)CC1. The minimum atomic E-state index is 0.0821. The number of hydrogen-bond acceptors (Lipinski definition) is 5. The van der Waals surface area contributed by atoms with Gasteiger partial charge in [0.1, 0.15) is 0 Å². The molecule has 9 heteroatoms. The summed E-state index contributed by atoms with van der Waals surface area (Å²) in [7, 11) is 0. The summed E-state index contributed by atoms with van der Waals surface area (Å²) >= 11 is 12.2. The first-order valence-electron chi connectivity index (χ1n) is 9.32. The minimum absolute atomic E-state index is 0.0821. The summed E-state index contributed by atoms with van der Waals surface area (Å²) in [6.45, 7) is 6.32. The molecule has 2 aromatic heterocycles. The Balaban J connectivity index is 1.59. The van der Waals surface area contributed by atoms with Crippen molar-refractivity contribution >= 4 is 40.8 Å². The third-order valence-electron chi connectivity index (χ3n) is 5.06. The maximum atomic E-state index is 12.3. The van der Waals surface area contributed by atoms with Gasteiger partial charge in [0.05, 0.1) is 15.7 Å². The van der Waals surface area contributed by atoms with Gasteiger partial charge in [-0.1, -0.05) is 35.3 Å². The minimum Gasteiger partial charge on any atom is -0.336 e. The summed E-state index contributed by atoms with van der Waals surface area (Å²) in [5.74, 6) is 1.19. The topological polar surface area (TPSA) is 66.6 Å². The van der Waals surface area contributed by atoms with Crippen LogP contribution in [-0.2, 0) is 4.79 Å². The van der Waals surface area contributed by atoms with Crippen LogP contribution in [0.2, 0.25) is 10.0 Å². The van der Waals surface area contributed by atoms with Crippen LogP contribution in [0.1, 0.15) is 13.8 Å². The average Bonchev–Trinajstić information content (AvgIpc) is 3.19. The number of halogens is 2. The lowest BCUT2D eigenvalue weighted by molar-refractivity contribution is -0.127. The number of fused-ring (bicyclic) bond motifs is 1. The maximum absolute atomic E-state index is 12.3. The molecule has 0 bridgehead atoms. The first-order chi connectivity index (χ1) is 14.0. The summed E-state index contributed by atoms with van der Waals surface area (Å²) in [6, 6.07) is 7.31. The van der Waals surface area contributed by atoms with Crippen LogP contribution < -0.4 is 4.90 Å². The van der Waals surface area contributed by atoms with E-state index in [-0.39, 0.29) is 5.91 Å². The summed E-state index contributed by atoms with van der Waals surface area (Å²) in [5, 5.41) is 5.64. The van der Waals surface area contributed by atoms with E-state index in [1.54, 1.807) is 22.8 Å². The molecule has 1 fully saturated rings. The van der Waals surface area contributed by atoms with E-state index in [9.17, 15) is 4.79 Å². The molecule has 0 aliphatic carbocycles. The van der Waals surface area contributed by atoms with Crippen LogP contribution in [0.5, 0.6) is 0 Å². The molecule has 1 aliphatic rings. The summed E-state index contributed by atoms with van der Waals surface area (Å²) in [4.78, 5) is 25.2. The molecule has 0 N–H and O–H groups in total. The molecule has 4 rings (SSSR count). The Labute approximate surface area is 178 Å². The predicted octanol–water partition coefficient (Wildman–Crippen LogP) is 3.71. The number of amides is 1. The highest BCUT2D eigenvalue weighted by molar-refractivity contribution is 6.42. The number of benzene rings is 1. The Kier molecular flexibility index (Phi) is 5.43. The van der Waals surface area contributed by atoms with Gasteiger partial charge < -0.3 is 9.80 Å². The van der Waals surface area contributed by atoms with Crippen molar-refractivity contribution in [1.82, 2.24) is 24.5 Å². The van der Waals surface area contributed by atoms with Crippen molar-refractivity contribution in [2.24, 2.45) is 0 Å². The summed E-state index contributed by atoms with van der Waals surface area (Å²) < 4.78 is 1.70. The van der Waals surface area contributed by atoms with Gasteiger partial charge in [-0.3, -0.25) is 4.79 Å². The van der Waals surface area contributed by atoms with Gasteiger partial charge in [-0.05, 0) is 32.0 Å². The lowest BCUT2D eigenvalue weighted by Crippen LogP contribution is -2.49. The van der Waals surface area contributed by atoms with Crippen LogP contribution >= 0.6 is 23.2 Å². The van der Waals surface area contributed by atoms with Crippen molar-refractivity contribution in [3.63, 3.8) is 0 Å². The van der Waals surface area contributed by atoms with Gasteiger partial charge in [-0.2, -0.15) is 9.50 Å². The van der Waals surface area contributed by atoms with Crippen LogP contribution in [0.25, 0.3) is 17.0 Å². The zero-order valence-corrected chi connectivity index (χ0v) is 17.7. The number of carbonyl (C=O) groups is 1. The number of aromatic nitrogens is 4. The standard InChI is InChI=1S/C20H20Cl2N6O/c1-3-13(2)18(29)26-8-10-27(11-9-26)20-24-19-23-7-6-17(28(19)25-20)14-4-5-15(21)16(22)12-14/h3-7,12H,8-11H2,1-2H3/b13-3+. The van der Waals surface area contributed by atoms with E-state index >= 15 is 0 Å². The molecule has 0 unspecified atom stereocenters. The Morgan fingerprint density at radius 2 is 1.86 bits per heavy atom. The van der Waals surface area contributed by atoms with Crippen LogP contribution in [0.3, 0.4) is 0 Å². The van der Waals surface area contributed by atoms with E-state index < -0.39 is 0 Å². The highest BCUT2D eigenvalue weighted by atomic mass is 35.5. The molecule has 0 atom stereocenters. The fourth-order valence-electron chi connectivity index (χ4n) is 3.27. The van der Waals surface area contributed by atoms with Crippen LogP contribution in [0, 0.1) is 0 Å². The van der Waals surface area contributed by atoms with Crippen molar-refractivity contribution in [3.8, 4) is 11.3 Å². The number of hydrogen-bond donors (Lipinski definition) is 0. The van der Waals surface area contributed by atoms with Crippen molar-refractivity contribution < 1.29 is 4.79 Å². The van der Waals surface area contributed by atoms with Gasteiger partial charge >= 0.3 is 0 Å². The average molecular weight is 431 g/mol. The number of nitrogens with zero attached hydrogens (tertiary/aromatic N) is 6. The highest BCUT2D eigenvalue weighted by Gasteiger charge is 2.24. The van der Waals surface area contributed by atoms with Gasteiger partial charge in [0.2, 0.25) is 11.9 Å². The van der Waals surface area contributed by atoms with Gasteiger partial charge in [-0.25, -0.2) is 4.98 Å². The monoisotopic (exact) mass is 430 g/mol. The molecule has 1 saturated heterocycles. The van der Waals surface area contributed by atoms with Crippen LogP contribution in [0.4, 0.5) is 5.95 Å². The van der Waals surface area contributed by atoms with Crippen molar-refractivity contribution in [2.45, 2.75) is 13.8 Å². The second-order valence-electron chi connectivity index (χ2n) is 6.83. The highest BCUT2D eigenvalue weighted by Crippen LogP contribution is 2.28. The van der Waals surface area contributed by atoms with E-state index in [2.05, 4.69) is 20.0 Å². The smallest absolute Gasteiger partial charge is 0.254 e. The number of piperazine rings is 1. The molecular weight excluding hydrogens is 411 g/mol. The number of carbonyl (C=O) groups excluding carboxylic acids is 1. The molecule has 7 nitrogen and oxygen atoms in total. The van der Waals surface area contributed by atoms with Gasteiger partial charge in [0, 0.05) is 43.5 Å². The molecule has 0 saturated carbocycles. The Morgan fingerprint density at radius 1 is 1.10 bits per heavy atom. The molecule has 3 aromatic rings. The van der Waals surface area contributed by atoms with E-state index in [1.165, 1.54) is 0 Å². The number of allylic oxidation sites excluding steroid dienone is 1. The Bertz CT molecular complexity index is 1100. The summed E-state index contributed by atoms with van der Waals surface area (Å²) in [6.07, 6.45) is 3.54. The Hall–Kier alpha value is -2.64. The van der Waals surface area contributed by atoms with Gasteiger partial charge in [0.15, 0.2) is 0 Å². The van der Waals surface area contributed by atoms with Crippen molar-refractivity contribution in [3.05, 3.63) is 52.2 Å². The van der Waals surface area contributed by atoms with E-state index in [0.29, 0.717) is 48.0 Å². The molecule has 29 heavy (non-hydrogen) atoms. The molecule has 150 valence electrons. The number of anilines is 1. The van der Waals surface area contributed by atoms with E-state index in [4.69, 9.17) is 23.2 Å². The second-order valence-corrected chi connectivity index (χ2v) is 7.65. The number of rotatable bonds is 3. The molecule has 1 aliphatic heterocycles. The van der Waals surface area contributed by atoms with E-state index in [0.717, 1.165) is 16.8 Å².